The van der Waals surface area contributed by atoms with E-state index in [1.165, 1.54) is 0 Å². The van der Waals surface area contributed by atoms with Crippen LogP contribution in [0.5, 0.6) is 0 Å². The second-order valence-corrected chi connectivity index (χ2v) is 7.36. The second kappa shape index (κ2) is 5.78. The minimum absolute atomic E-state index is 0.0768. The van der Waals surface area contributed by atoms with Gasteiger partial charge in [0.1, 0.15) is 0 Å². The number of carbonyl (C=O) groups excluding carboxylic acids is 1. The standard InChI is InChI=1S/C18H22N4O2/c1-11-6-7-13-14(8-11)22(16-9-12(2)21-24-16)17(19-13)20-15(23)10-18(3,4)5/h6-9H,10H2,1-5H3,(H,19,20,23). The minimum Gasteiger partial charge on any atom is -0.338 e. The van der Waals surface area contributed by atoms with E-state index in [0.29, 0.717) is 18.3 Å². The van der Waals surface area contributed by atoms with Crippen LogP contribution in [0.2, 0.25) is 0 Å². The van der Waals surface area contributed by atoms with E-state index in [-0.39, 0.29) is 11.3 Å². The van der Waals surface area contributed by atoms with E-state index in [9.17, 15) is 4.79 Å². The Kier molecular flexibility index (Phi) is 3.91. The van der Waals surface area contributed by atoms with Gasteiger partial charge in [0.05, 0.1) is 16.7 Å². The maximum absolute atomic E-state index is 12.3. The van der Waals surface area contributed by atoms with Gasteiger partial charge in [0.15, 0.2) is 0 Å². The van der Waals surface area contributed by atoms with Crippen LogP contribution in [-0.2, 0) is 4.79 Å². The molecule has 1 aromatic carbocycles. The molecule has 2 heterocycles. The number of anilines is 1. The van der Waals surface area contributed by atoms with Gasteiger partial charge in [-0.05, 0) is 37.0 Å². The zero-order valence-corrected chi connectivity index (χ0v) is 14.7. The van der Waals surface area contributed by atoms with Crippen LogP contribution in [0.3, 0.4) is 0 Å². The Morgan fingerprint density at radius 3 is 2.62 bits per heavy atom. The number of aryl methyl sites for hydroxylation is 2. The Hall–Kier alpha value is -2.63. The van der Waals surface area contributed by atoms with Crippen LogP contribution in [0.4, 0.5) is 5.95 Å². The van der Waals surface area contributed by atoms with Crippen molar-refractivity contribution in [3.63, 3.8) is 0 Å². The molecular weight excluding hydrogens is 304 g/mol. The third kappa shape index (κ3) is 3.32. The summed E-state index contributed by atoms with van der Waals surface area (Å²) in [6.07, 6.45) is 0.407. The van der Waals surface area contributed by atoms with Crippen LogP contribution < -0.4 is 5.32 Å². The second-order valence-electron chi connectivity index (χ2n) is 7.36. The quantitative estimate of drug-likeness (QED) is 0.789. The van der Waals surface area contributed by atoms with Gasteiger partial charge in [-0.15, -0.1) is 0 Å². The van der Waals surface area contributed by atoms with Crippen molar-refractivity contribution in [2.24, 2.45) is 5.41 Å². The molecule has 1 N–H and O–H groups in total. The van der Waals surface area contributed by atoms with Gasteiger partial charge >= 0.3 is 0 Å². The number of aromatic nitrogens is 3. The van der Waals surface area contributed by atoms with Crippen LogP contribution >= 0.6 is 0 Å². The fourth-order valence-electron chi connectivity index (χ4n) is 2.60. The van der Waals surface area contributed by atoms with Crippen LogP contribution in [0, 0.1) is 19.3 Å². The monoisotopic (exact) mass is 326 g/mol. The normalized spacial score (nSPS) is 11.9. The van der Waals surface area contributed by atoms with Crippen molar-refractivity contribution < 1.29 is 9.32 Å². The van der Waals surface area contributed by atoms with Crippen molar-refractivity contribution in [1.29, 1.82) is 0 Å². The zero-order valence-electron chi connectivity index (χ0n) is 14.7. The van der Waals surface area contributed by atoms with Crippen molar-refractivity contribution in [1.82, 2.24) is 14.7 Å². The topological polar surface area (TPSA) is 73.0 Å². The fourth-order valence-corrected chi connectivity index (χ4v) is 2.60. The number of fused-ring (bicyclic) bond motifs is 1. The maximum atomic E-state index is 12.3. The Morgan fingerprint density at radius 2 is 2.00 bits per heavy atom. The highest BCUT2D eigenvalue weighted by atomic mass is 16.5. The van der Waals surface area contributed by atoms with Gasteiger partial charge in [0.2, 0.25) is 17.7 Å². The number of amides is 1. The average molecular weight is 326 g/mol. The van der Waals surface area contributed by atoms with Crippen LogP contribution in [0.15, 0.2) is 28.8 Å². The average Bonchev–Trinajstić information content (AvgIpc) is 2.99. The third-order valence-electron chi connectivity index (χ3n) is 3.59. The number of imidazole rings is 1. The Morgan fingerprint density at radius 1 is 1.25 bits per heavy atom. The van der Waals surface area contributed by atoms with Gasteiger partial charge in [0.25, 0.3) is 0 Å². The van der Waals surface area contributed by atoms with Crippen LogP contribution in [0.25, 0.3) is 16.9 Å². The molecular formula is C18H22N4O2. The number of benzene rings is 1. The van der Waals surface area contributed by atoms with E-state index in [4.69, 9.17) is 4.52 Å². The number of hydrogen-bond acceptors (Lipinski definition) is 4. The van der Waals surface area contributed by atoms with Gasteiger partial charge < -0.3 is 4.52 Å². The highest BCUT2D eigenvalue weighted by Gasteiger charge is 2.21. The molecule has 126 valence electrons. The maximum Gasteiger partial charge on any atom is 0.238 e. The summed E-state index contributed by atoms with van der Waals surface area (Å²) >= 11 is 0. The van der Waals surface area contributed by atoms with Gasteiger partial charge in [-0.2, -0.15) is 0 Å². The molecule has 6 nitrogen and oxygen atoms in total. The lowest BCUT2D eigenvalue weighted by atomic mass is 9.92. The zero-order chi connectivity index (χ0) is 17.5. The lowest BCUT2D eigenvalue weighted by molar-refractivity contribution is -0.117. The number of nitrogens with zero attached hydrogens (tertiary/aromatic N) is 3. The van der Waals surface area contributed by atoms with Gasteiger partial charge in [-0.1, -0.05) is 32.0 Å². The predicted octanol–water partition coefficient (Wildman–Crippen LogP) is 4.01. The third-order valence-corrected chi connectivity index (χ3v) is 3.59. The van der Waals surface area contributed by atoms with Crippen molar-refractivity contribution in [3.8, 4) is 5.88 Å². The van der Waals surface area contributed by atoms with E-state index in [1.807, 2.05) is 58.9 Å². The molecule has 0 spiro atoms. The first-order chi connectivity index (χ1) is 11.2. The van der Waals surface area contributed by atoms with E-state index in [0.717, 1.165) is 22.3 Å². The molecule has 0 bridgehead atoms. The highest BCUT2D eigenvalue weighted by Crippen LogP contribution is 2.27. The van der Waals surface area contributed by atoms with Crippen LogP contribution in [0.1, 0.15) is 38.4 Å². The van der Waals surface area contributed by atoms with Gasteiger partial charge in [0, 0.05) is 12.5 Å². The van der Waals surface area contributed by atoms with Crippen molar-refractivity contribution in [2.75, 3.05) is 5.32 Å². The largest absolute Gasteiger partial charge is 0.338 e. The van der Waals surface area contributed by atoms with Gasteiger partial charge in [-0.25, -0.2) is 9.55 Å². The Labute approximate surface area is 140 Å². The molecule has 3 rings (SSSR count). The fraction of sp³-hybridized carbons (Fsp3) is 0.389. The molecule has 0 aliphatic rings. The first-order valence-corrected chi connectivity index (χ1v) is 7.95. The van der Waals surface area contributed by atoms with E-state index >= 15 is 0 Å². The Bertz CT molecular complexity index is 900. The first kappa shape index (κ1) is 16.2. The highest BCUT2D eigenvalue weighted by molar-refractivity contribution is 5.92. The van der Waals surface area contributed by atoms with Crippen molar-refractivity contribution >= 4 is 22.9 Å². The number of hydrogen-bond donors (Lipinski definition) is 1. The first-order valence-electron chi connectivity index (χ1n) is 7.95. The molecule has 0 saturated heterocycles. The molecule has 24 heavy (non-hydrogen) atoms. The molecule has 6 heteroatoms. The Balaban J connectivity index is 2.08. The van der Waals surface area contributed by atoms with Crippen molar-refractivity contribution in [2.45, 2.75) is 41.0 Å². The lowest BCUT2D eigenvalue weighted by Gasteiger charge is -2.17. The molecule has 0 saturated carbocycles. The molecule has 0 fully saturated rings. The molecule has 0 radical (unpaired) electrons. The summed E-state index contributed by atoms with van der Waals surface area (Å²) in [4.78, 5) is 16.9. The molecule has 0 aliphatic heterocycles. The molecule has 0 unspecified atom stereocenters. The molecule has 2 aromatic heterocycles. The number of nitrogens with one attached hydrogen (secondary N) is 1. The number of rotatable bonds is 3. The molecule has 3 aromatic rings. The molecule has 0 aliphatic carbocycles. The van der Waals surface area contributed by atoms with E-state index in [1.54, 1.807) is 4.57 Å². The molecule has 1 amide bonds. The SMILES string of the molecule is Cc1ccc2nc(NC(=O)CC(C)(C)C)n(-c3cc(C)no3)c2c1. The summed E-state index contributed by atoms with van der Waals surface area (Å²) in [5.74, 6) is 0.902. The van der Waals surface area contributed by atoms with E-state index < -0.39 is 0 Å². The number of carbonyl (C=O) groups is 1. The lowest BCUT2D eigenvalue weighted by Crippen LogP contribution is -2.21. The summed E-state index contributed by atoms with van der Waals surface area (Å²) in [7, 11) is 0. The molecule has 0 atom stereocenters. The summed E-state index contributed by atoms with van der Waals surface area (Å²) in [6, 6.07) is 7.76. The van der Waals surface area contributed by atoms with Crippen molar-refractivity contribution in [3.05, 3.63) is 35.5 Å². The minimum atomic E-state index is -0.0969. The van der Waals surface area contributed by atoms with E-state index in [2.05, 4.69) is 15.5 Å². The summed E-state index contributed by atoms with van der Waals surface area (Å²) < 4.78 is 7.20. The van der Waals surface area contributed by atoms with Gasteiger partial charge in [-0.3, -0.25) is 10.1 Å². The van der Waals surface area contributed by atoms with Crippen LogP contribution in [-0.4, -0.2) is 20.6 Å². The summed E-state index contributed by atoms with van der Waals surface area (Å²) in [6.45, 7) is 9.95. The smallest absolute Gasteiger partial charge is 0.238 e. The summed E-state index contributed by atoms with van der Waals surface area (Å²) in [5, 5.41) is 6.85. The predicted molar refractivity (Wildman–Crippen MR) is 93.3 cm³/mol. The summed E-state index contributed by atoms with van der Waals surface area (Å²) in [5.41, 5.74) is 3.44.